The number of ether oxygens (including phenoxy) is 1. The van der Waals surface area contributed by atoms with Crippen molar-refractivity contribution in [2.24, 2.45) is 0 Å². The van der Waals surface area contributed by atoms with E-state index in [9.17, 15) is 0 Å². The quantitative estimate of drug-likeness (QED) is 0.395. The molecular formula is C21H22Cl2N2OS. The second kappa shape index (κ2) is 9.05. The number of rotatable bonds is 8. The number of thioether (sulfide) groups is 1. The number of benzene rings is 2. The molecule has 2 aromatic carbocycles. The molecule has 1 atom stereocenters. The third kappa shape index (κ3) is 5.68. The highest BCUT2D eigenvalue weighted by molar-refractivity contribution is 8.00. The van der Waals surface area contributed by atoms with Crippen molar-refractivity contribution >= 4 is 35.0 Å². The first kappa shape index (κ1) is 20.1. The van der Waals surface area contributed by atoms with Gasteiger partial charge in [0.1, 0.15) is 5.75 Å². The van der Waals surface area contributed by atoms with Gasteiger partial charge in [-0.2, -0.15) is 0 Å². The van der Waals surface area contributed by atoms with Gasteiger partial charge in [0.25, 0.3) is 0 Å². The maximum absolute atomic E-state index is 6.47. The number of methoxy groups -OCH3 is 1. The van der Waals surface area contributed by atoms with Crippen LogP contribution in [0.4, 0.5) is 0 Å². The minimum atomic E-state index is -0.0731. The molecule has 0 fully saturated rings. The van der Waals surface area contributed by atoms with Crippen molar-refractivity contribution in [3.63, 3.8) is 0 Å². The fourth-order valence-corrected chi connectivity index (χ4v) is 4.59. The number of hydrogen-bond acceptors (Lipinski definition) is 3. The van der Waals surface area contributed by atoms with Crippen LogP contribution in [0, 0.1) is 0 Å². The number of imidazole rings is 1. The Morgan fingerprint density at radius 1 is 1.15 bits per heavy atom. The van der Waals surface area contributed by atoms with Crippen LogP contribution >= 0.6 is 35.0 Å². The van der Waals surface area contributed by atoms with Crippen LogP contribution in [0.2, 0.25) is 10.0 Å². The molecule has 1 aromatic heterocycles. The predicted molar refractivity (Wildman–Crippen MR) is 114 cm³/mol. The normalized spacial score (nSPS) is 13.3. The molecule has 0 radical (unpaired) electrons. The highest BCUT2D eigenvalue weighted by atomic mass is 35.5. The van der Waals surface area contributed by atoms with Gasteiger partial charge in [0, 0.05) is 33.6 Å². The monoisotopic (exact) mass is 420 g/mol. The summed E-state index contributed by atoms with van der Waals surface area (Å²) in [6.45, 7) is 3.10. The summed E-state index contributed by atoms with van der Waals surface area (Å²) < 4.78 is 7.41. The first-order valence-corrected chi connectivity index (χ1v) is 10.3. The summed E-state index contributed by atoms with van der Waals surface area (Å²) in [7, 11) is 1.67. The summed E-state index contributed by atoms with van der Waals surface area (Å²) in [5.41, 5.74) is 1.27. The van der Waals surface area contributed by atoms with Gasteiger partial charge in [-0.15, -0.1) is 11.8 Å². The van der Waals surface area contributed by atoms with Crippen molar-refractivity contribution in [1.29, 1.82) is 0 Å². The van der Waals surface area contributed by atoms with E-state index in [1.54, 1.807) is 18.9 Å². The maximum atomic E-state index is 6.47. The third-order valence-corrected chi connectivity index (χ3v) is 6.50. The SMILES string of the molecule is COc1ccc(Cl)c(SC(C)(CCc2ccc(Cl)cc2)Cn2ccnc2)c1. The maximum Gasteiger partial charge on any atom is 0.120 e. The molecule has 3 aromatic rings. The van der Waals surface area contributed by atoms with E-state index in [1.165, 1.54) is 5.56 Å². The van der Waals surface area contributed by atoms with Crippen molar-refractivity contribution in [3.8, 4) is 5.75 Å². The summed E-state index contributed by atoms with van der Waals surface area (Å²) in [5.74, 6) is 0.810. The molecule has 1 unspecified atom stereocenters. The lowest BCUT2D eigenvalue weighted by Gasteiger charge is -2.30. The van der Waals surface area contributed by atoms with E-state index < -0.39 is 0 Å². The van der Waals surface area contributed by atoms with Crippen molar-refractivity contribution in [2.45, 2.75) is 36.0 Å². The van der Waals surface area contributed by atoms with E-state index in [0.717, 1.165) is 40.1 Å². The standard InChI is InChI=1S/C21H22Cl2N2OS/c1-21(14-25-12-11-24-15-25,10-9-16-3-5-17(22)6-4-16)27-20-13-18(26-2)7-8-19(20)23/h3-8,11-13,15H,9-10,14H2,1-2H3. The van der Waals surface area contributed by atoms with Crippen LogP contribution in [0.3, 0.4) is 0 Å². The second-order valence-electron chi connectivity index (χ2n) is 6.71. The summed E-state index contributed by atoms with van der Waals surface area (Å²) in [6.07, 6.45) is 7.59. The summed E-state index contributed by atoms with van der Waals surface area (Å²) in [5, 5.41) is 1.50. The van der Waals surface area contributed by atoms with Gasteiger partial charge >= 0.3 is 0 Å². The summed E-state index contributed by atoms with van der Waals surface area (Å²) in [6, 6.07) is 13.8. The fraction of sp³-hybridized carbons (Fsp3) is 0.286. The highest BCUT2D eigenvalue weighted by Gasteiger charge is 2.27. The molecule has 0 aliphatic carbocycles. The summed E-state index contributed by atoms with van der Waals surface area (Å²) in [4.78, 5) is 5.20. The van der Waals surface area contributed by atoms with E-state index in [0.29, 0.717) is 0 Å². The molecule has 0 saturated heterocycles. The van der Waals surface area contributed by atoms with Crippen LogP contribution in [0.5, 0.6) is 5.75 Å². The lowest BCUT2D eigenvalue weighted by Crippen LogP contribution is -2.27. The number of hydrogen-bond donors (Lipinski definition) is 0. The van der Waals surface area contributed by atoms with E-state index >= 15 is 0 Å². The Morgan fingerprint density at radius 2 is 1.93 bits per heavy atom. The number of halogens is 2. The van der Waals surface area contributed by atoms with Crippen molar-refractivity contribution in [2.75, 3.05) is 7.11 Å². The zero-order valence-corrected chi connectivity index (χ0v) is 17.7. The number of aromatic nitrogens is 2. The summed E-state index contributed by atoms with van der Waals surface area (Å²) >= 11 is 14.3. The van der Waals surface area contributed by atoms with E-state index in [4.69, 9.17) is 27.9 Å². The molecule has 27 heavy (non-hydrogen) atoms. The Hall–Kier alpha value is -1.62. The van der Waals surface area contributed by atoms with Gasteiger partial charge in [-0.3, -0.25) is 0 Å². The van der Waals surface area contributed by atoms with E-state index in [2.05, 4.69) is 28.6 Å². The molecule has 142 valence electrons. The lowest BCUT2D eigenvalue weighted by molar-refractivity contribution is 0.413. The minimum absolute atomic E-state index is 0.0731. The van der Waals surface area contributed by atoms with Crippen LogP contribution in [0.1, 0.15) is 18.9 Å². The van der Waals surface area contributed by atoms with Crippen LogP contribution in [-0.4, -0.2) is 21.4 Å². The van der Waals surface area contributed by atoms with Gasteiger partial charge in [-0.1, -0.05) is 35.3 Å². The molecule has 0 spiro atoms. The Labute approximate surface area is 174 Å². The molecule has 3 rings (SSSR count). The van der Waals surface area contributed by atoms with Crippen LogP contribution < -0.4 is 4.74 Å². The molecule has 0 aliphatic heterocycles. The second-order valence-corrected chi connectivity index (χ2v) is 9.18. The zero-order chi connectivity index (χ0) is 19.3. The Morgan fingerprint density at radius 3 is 2.59 bits per heavy atom. The molecule has 0 aliphatic rings. The molecule has 1 heterocycles. The molecule has 0 bridgehead atoms. The van der Waals surface area contributed by atoms with Crippen molar-refractivity contribution in [1.82, 2.24) is 9.55 Å². The van der Waals surface area contributed by atoms with Crippen LogP contribution in [0.25, 0.3) is 0 Å². The highest BCUT2D eigenvalue weighted by Crippen LogP contribution is 2.42. The Balaban J connectivity index is 1.81. The first-order valence-electron chi connectivity index (χ1n) is 8.70. The van der Waals surface area contributed by atoms with E-state index in [1.807, 2.05) is 49.1 Å². The first-order chi connectivity index (χ1) is 13.0. The number of nitrogens with zero attached hydrogens (tertiary/aromatic N) is 2. The van der Waals surface area contributed by atoms with Crippen molar-refractivity contribution in [3.05, 3.63) is 76.8 Å². The van der Waals surface area contributed by atoms with Crippen molar-refractivity contribution < 1.29 is 4.74 Å². The molecule has 6 heteroatoms. The van der Waals surface area contributed by atoms with Gasteiger partial charge in [0.15, 0.2) is 0 Å². The Kier molecular flexibility index (Phi) is 6.74. The zero-order valence-electron chi connectivity index (χ0n) is 15.4. The molecule has 0 N–H and O–H groups in total. The lowest BCUT2D eigenvalue weighted by atomic mass is 10.00. The fourth-order valence-electron chi connectivity index (χ4n) is 2.94. The molecular weight excluding hydrogens is 399 g/mol. The van der Waals surface area contributed by atoms with Gasteiger partial charge in [0.2, 0.25) is 0 Å². The van der Waals surface area contributed by atoms with Gasteiger partial charge in [-0.05, 0) is 55.7 Å². The molecule has 0 saturated carbocycles. The van der Waals surface area contributed by atoms with Gasteiger partial charge < -0.3 is 9.30 Å². The smallest absolute Gasteiger partial charge is 0.120 e. The molecule has 0 amide bonds. The average molecular weight is 421 g/mol. The van der Waals surface area contributed by atoms with E-state index in [-0.39, 0.29) is 4.75 Å². The third-order valence-electron chi connectivity index (χ3n) is 4.43. The average Bonchev–Trinajstić information content (AvgIpc) is 3.16. The number of aryl methyl sites for hydroxylation is 1. The largest absolute Gasteiger partial charge is 0.497 e. The predicted octanol–water partition coefficient (Wildman–Crippen LogP) is 6.38. The van der Waals surface area contributed by atoms with Gasteiger partial charge in [-0.25, -0.2) is 4.98 Å². The van der Waals surface area contributed by atoms with Crippen LogP contribution in [-0.2, 0) is 13.0 Å². The van der Waals surface area contributed by atoms with Crippen LogP contribution in [0.15, 0.2) is 66.1 Å². The van der Waals surface area contributed by atoms with Gasteiger partial charge in [0.05, 0.1) is 18.5 Å². The topological polar surface area (TPSA) is 27.1 Å². The Bertz CT molecular complexity index is 868. The minimum Gasteiger partial charge on any atom is -0.497 e. The molecule has 3 nitrogen and oxygen atoms in total.